The van der Waals surface area contributed by atoms with E-state index in [1.54, 1.807) is 0 Å². The lowest BCUT2D eigenvalue weighted by molar-refractivity contribution is -0.384. The van der Waals surface area contributed by atoms with Crippen LogP contribution in [0.1, 0.15) is 5.56 Å². The maximum atomic E-state index is 10.8. The monoisotopic (exact) mass is 266 g/mol. The Balaban J connectivity index is 2.45. The van der Waals surface area contributed by atoms with Gasteiger partial charge in [-0.2, -0.15) is 0 Å². The fourth-order valence-corrected chi connectivity index (χ4v) is 1.97. The van der Waals surface area contributed by atoms with Crippen LogP contribution in [0.3, 0.4) is 0 Å². The number of non-ortho nitro benzene ring substituents is 1. The van der Waals surface area contributed by atoms with E-state index in [9.17, 15) is 10.1 Å². The molecule has 1 aromatic rings. The molecule has 1 aliphatic rings. The van der Waals surface area contributed by atoms with Crippen molar-refractivity contribution in [2.45, 2.75) is 0 Å². The number of hydrogen-bond donors (Lipinski definition) is 2. The molecule has 0 bridgehead atoms. The van der Waals surface area contributed by atoms with Gasteiger partial charge in [0, 0.05) is 30.8 Å². The highest BCUT2D eigenvalue weighted by Crippen LogP contribution is 2.26. The fourth-order valence-electron chi connectivity index (χ4n) is 1.97. The van der Waals surface area contributed by atoms with Crippen molar-refractivity contribution in [1.82, 2.24) is 0 Å². The van der Waals surface area contributed by atoms with Crippen molar-refractivity contribution in [3.05, 3.63) is 33.9 Å². The minimum Gasteiger partial charge on any atom is -0.409 e. The van der Waals surface area contributed by atoms with Crippen molar-refractivity contribution in [1.29, 1.82) is 0 Å². The second-order valence-corrected chi connectivity index (χ2v) is 4.04. The first-order chi connectivity index (χ1) is 9.13. The van der Waals surface area contributed by atoms with Crippen molar-refractivity contribution < 1.29 is 14.9 Å². The van der Waals surface area contributed by atoms with Crippen LogP contribution in [0.5, 0.6) is 0 Å². The Morgan fingerprint density at radius 2 is 2.16 bits per heavy atom. The van der Waals surface area contributed by atoms with Crippen molar-refractivity contribution in [2.24, 2.45) is 10.9 Å². The zero-order valence-corrected chi connectivity index (χ0v) is 10.2. The number of nitrogens with zero attached hydrogens (tertiary/aromatic N) is 3. The van der Waals surface area contributed by atoms with Crippen LogP contribution < -0.4 is 10.6 Å². The molecular formula is C11H14N4O4. The summed E-state index contributed by atoms with van der Waals surface area (Å²) >= 11 is 0. The number of ether oxygens (including phenoxy) is 1. The summed E-state index contributed by atoms with van der Waals surface area (Å²) in [6.45, 7) is 2.29. The van der Waals surface area contributed by atoms with Gasteiger partial charge in [-0.25, -0.2) is 0 Å². The topological polar surface area (TPSA) is 114 Å². The second-order valence-electron chi connectivity index (χ2n) is 4.04. The predicted molar refractivity (Wildman–Crippen MR) is 68.6 cm³/mol. The van der Waals surface area contributed by atoms with E-state index in [4.69, 9.17) is 15.7 Å². The number of amidine groups is 1. The maximum absolute atomic E-state index is 10.8. The molecule has 8 heteroatoms. The zero-order chi connectivity index (χ0) is 13.8. The summed E-state index contributed by atoms with van der Waals surface area (Å²) in [5.41, 5.74) is 6.61. The summed E-state index contributed by atoms with van der Waals surface area (Å²) in [5.74, 6) is -0.0728. The molecule has 0 amide bonds. The highest BCUT2D eigenvalue weighted by molar-refractivity contribution is 6.02. The van der Waals surface area contributed by atoms with Crippen LogP contribution >= 0.6 is 0 Å². The van der Waals surface area contributed by atoms with Gasteiger partial charge in [0.2, 0.25) is 0 Å². The van der Waals surface area contributed by atoms with Gasteiger partial charge in [0.05, 0.1) is 23.8 Å². The highest BCUT2D eigenvalue weighted by Gasteiger charge is 2.20. The lowest BCUT2D eigenvalue weighted by atomic mass is 10.1. The Bertz CT molecular complexity index is 511. The van der Waals surface area contributed by atoms with Gasteiger partial charge in [-0.1, -0.05) is 5.16 Å². The summed E-state index contributed by atoms with van der Waals surface area (Å²) < 4.78 is 5.24. The zero-order valence-electron chi connectivity index (χ0n) is 10.2. The number of rotatable bonds is 3. The second kappa shape index (κ2) is 5.53. The number of oxime groups is 1. The number of morpholine rings is 1. The molecule has 0 aromatic heterocycles. The SMILES string of the molecule is N/C(=N/O)c1ccc([N+](=O)[O-])cc1N1CCOCC1. The lowest BCUT2D eigenvalue weighted by Gasteiger charge is -2.30. The Labute approximate surface area is 109 Å². The summed E-state index contributed by atoms with van der Waals surface area (Å²) in [7, 11) is 0. The molecular weight excluding hydrogens is 252 g/mol. The number of nitro groups is 1. The number of hydrogen-bond acceptors (Lipinski definition) is 6. The Morgan fingerprint density at radius 1 is 1.47 bits per heavy atom. The third-order valence-electron chi connectivity index (χ3n) is 2.93. The summed E-state index contributed by atoms with van der Waals surface area (Å²) in [6.07, 6.45) is 0. The summed E-state index contributed by atoms with van der Waals surface area (Å²) in [5, 5.41) is 22.6. The van der Waals surface area contributed by atoms with Crippen molar-refractivity contribution in [3.8, 4) is 0 Å². The number of anilines is 1. The van der Waals surface area contributed by atoms with Crippen LogP contribution in [0.25, 0.3) is 0 Å². The number of nitro benzene ring substituents is 1. The molecule has 1 aromatic carbocycles. The van der Waals surface area contributed by atoms with Gasteiger partial charge in [0.1, 0.15) is 0 Å². The quantitative estimate of drug-likeness (QED) is 0.271. The van der Waals surface area contributed by atoms with Crippen LogP contribution in [0.2, 0.25) is 0 Å². The summed E-state index contributed by atoms with van der Waals surface area (Å²) in [4.78, 5) is 12.3. The number of nitrogens with two attached hydrogens (primary N) is 1. The molecule has 0 atom stereocenters. The number of benzene rings is 1. The molecule has 0 radical (unpaired) electrons. The van der Waals surface area contributed by atoms with Crippen LogP contribution in [-0.4, -0.2) is 42.3 Å². The van der Waals surface area contributed by atoms with E-state index in [-0.39, 0.29) is 11.5 Å². The van der Waals surface area contributed by atoms with Crippen molar-refractivity contribution >= 4 is 17.2 Å². The molecule has 0 unspecified atom stereocenters. The predicted octanol–water partition coefficient (Wildman–Crippen LogP) is 0.526. The van der Waals surface area contributed by atoms with Gasteiger partial charge in [-0.3, -0.25) is 10.1 Å². The van der Waals surface area contributed by atoms with E-state index < -0.39 is 4.92 Å². The Hall–Kier alpha value is -2.35. The van der Waals surface area contributed by atoms with Gasteiger partial charge < -0.3 is 20.6 Å². The van der Waals surface area contributed by atoms with Gasteiger partial charge >= 0.3 is 0 Å². The Morgan fingerprint density at radius 3 is 2.74 bits per heavy atom. The van der Waals surface area contributed by atoms with Crippen molar-refractivity contribution in [2.75, 3.05) is 31.2 Å². The molecule has 8 nitrogen and oxygen atoms in total. The first-order valence-electron chi connectivity index (χ1n) is 5.72. The first-order valence-corrected chi connectivity index (χ1v) is 5.72. The first kappa shape index (κ1) is 13.1. The Kier molecular flexibility index (Phi) is 3.81. The van der Waals surface area contributed by atoms with Crippen LogP contribution in [0, 0.1) is 10.1 Å². The molecule has 1 heterocycles. The smallest absolute Gasteiger partial charge is 0.271 e. The highest BCUT2D eigenvalue weighted by atomic mass is 16.6. The van der Waals surface area contributed by atoms with Crippen LogP contribution in [-0.2, 0) is 4.74 Å². The largest absolute Gasteiger partial charge is 0.409 e. The lowest BCUT2D eigenvalue weighted by Crippen LogP contribution is -2.37. The third-order valence-corrected chi connectivity index (χ3v) is 2.93. The molecule has 0 spiro atoms. The van der Waals surface area contributed by atoms with Crippen LogP contribution in [0.4, 0.5) is 11.4 Å². The summed E-state index contributed by atoms with van der Waals surface area (Å²) in [6, 6.07) is 4.24. The molecule has 19 heavy (non-hydrogen) atoms. The van der Waals surface area contributed by atoms with E-state index in [0.717, 1.165) is 0 Å². The van der Waals surface area contributed by atoms with E-state index >= 15 is 0 Å². The average Bonchev–Trinajstić information content (AvgIpc) is 2.46. The van der Waals surface area contributed by atoms with E-state index in [2.05, 4.69) is 5.16 Å². The van der Waals surface area contributed by atoms with E-state index in [1.807, 2.05) is 4.90 Å². The van der Waals surface area contributed by atoms with E-state index in [1.165, 1.54) is 18.2 Å². The normalized spacial score (nSPS) is 16.4. The minimum absolute atomic E-state index is 0.0315. The molecule has 2 rings (SSSR count). The molecule has 0 saturated carbocycles. The van der Waals surface area contributed by atoms with Crippen LogP contribution in [0.15, 0.2) is 23.4 Å². The standard InChI is InChI=1S/C11H14N4O4/c12-11(13-16)9-2-1-8(15(17)18)7-10(9)14-3-5-19-6-4-14/h1-2,7,16H,3-6H2,(H2,12,13). The van der Waals surface area contributed by atoms with Crippen molar-refractivity contribution in [3.63, 3.8) is 0 Å². The fraction of sp³-hybridized carbons (Fsp3) is 0.364. The molecule has 1 saturated heterocycles. The van der Waals surface area contributed by atoms with Gasteiger partial charge in [-0.15, -0.1) is 0 Å². The molecule has 0 aliphatic carbocycles. The van der Waals surface area contributed by atoms with E-state index in [0.29, 0.717) is 37.6 Å². The maximum Gasteiger partial charge on any atom is 0.271 e. The molecule has 1 aliphatic heterocycles. The molecule has 102 valence electrons. The van der Waals surface area contributed by atoms with Gasteiger partial charge in [0.15, 0.2) is 5.84 Å². The average molecular weight is 266 g/mol. The third kappa shape index (κ3) is 2.74. The van der Waals surface area contributed by atoms with Gasteiger partial charge in [-0.05, 0) is 6.07 Å². The van der Waals surface area contributed by atoms with Gasteiger partial charge in [0.25, 0.3) is 5.69 Å². The minimum atomic E-state index is -0.472. The molecule has 1 fully saturated rings. The molecule has 3 N–H and O–H groups in total.